The molecule has 10 rings (SSSR count). The van der Waals surface area contributed by atoms with Crippen molar-refractivity contribution in [2.24, 2.45) is 0 Å². The number of benzene rings is 9. The lowest BCUT2D eigenvalue weighted by Gasteiger charge is -2.12. The van der Waals surface area contributed by atoms with Crippen LogP contribution in [0.25, 0.3) is 99.9 Å². The van der Waals surface area contributed by atoms with E-state index in [2.05, 4.69) is 15.0 Å². The van der Waals surface area contributed by atoms with Crippen molar-refractivity contribution in [3.63, 3.8) is 0 Å². The first kappa shape index (κ1) is 12.4. The van der Waals surface area contributed by atoms with Gasteiger partial charge in [-0.25, -0.2) is 15.0 Å². The van der Waals surface area contributed by atoms with E-state index in [4.69, 9.17) is 32.9 Å². The lowest BCUT2D eigenvalue weighted by molar-refractivity contribution is 1.07. The Bertz CT molecular complexity index is 4620. The molecule has 0 saturated carbocycles. The summed E-state index contributed by atoms with van der Waals surface area (Å²) in [5, 5.41) is -3.35. The van der Waals surface area contributed by atoms with Crippen LogP contribution in [0.2, 0.25) is 0 Å². The molecule has 1 aromatic heterocycles. The van der Waals surface area contributed by atoms with Gasteiger partial charge in [-0.2, -0.15) is 0 Å². The van der Waals surface area contributed by atoms with Crippen molar-refractivity contribution < 1.29 is 45.2 Å². The molecule has 0 saturated heterocycles. The zero-order valence-electron chi connectivity index (χ0n) is 59.8. The monoisotopic (exact) mass is 720 g/mol. The van der Waals surface area contributed by atoms with E-state index in [1.807, 2.05) is 0 Å². The smallest absolute Gasteiger partial charge is 0.164 e. The van der Waals surface area contributed by atoms with Crippen LogP contribution < -0.4 is 0 Å². The summed E-state index contributed by atoms with van der Waals surface area (Å²) in [7, 11) is 0. The first-order chi connectivity index (χ1) is 40.5. The summed E-state index contributed by atoms with van der Waals surface area (Å²) < 4.78 is 293. The van der Waals surface area contributed by atoms with Gasteiger partial charge in [0.2, 0.25) is 0 Å². The number of rotatable bonds is 6. The standard InChI is InChI=1S/C51H33N3/c1-3-13-34(14-4-1)38-17-11-19-41(31-38)50-52-49(53-51(54-50)42-20-12-18-39(32-42)35-15-5-2-6-16-35)37-27-25-36(26-28-37)40-29-30-47-45-23-8-7-21-43(45)44-22-9-10-24-46(44)48(47)33-40/h1-33H/i1D,2D,3D,4D,5D,6D,7D,8D,9D,10D,11D,12D,13D,14D,15D,16D,17D,18D,19D,20D,21D,22D,23D,24D,25D,26D,27D,28D,29D,30D,31D,32D,33D. The molecule has 3 nitrogen and oxygen atoms in total. The number of hydrogen-bond acceptors (Lipinski definition) is 3. The maximum atomic E-state index is 9.70. The number of nitrogens with zero attached hydrogens (tertiary/aromatic N) is 3. The van der Waals surface area contributed by atoms with E-state index < -0.39 is 299 Å². The van der Waals surface area contributed by atoms with Gasteiger partial charge in [0.1, 0.15) is 0 Å². The molecule has 54 heavy (non-hydrogen) atoms. The molecule has 0 aliphatic rings. The van der Waals surface area contributed by atoms with Crippen LogP contribution >= 0.6 is 0 Å². The Morgan fingerprint density at radius 3 is 1.04 bits per heavy atom. The molecular weight excluding hydrogens is 655 g/mol. The van der Waals surface area contributed by atoms with Gasteiger partial charge in [0, 0.05) is 16.7 Å². The van der Waals surface area contributed by atoms with E-state index in [0.717, 1.165) is 0 Å². The molecule has 252 valence electrons. The van der Waals surface area contributed by atoms with Crippen LogP contribution in [-0.2, 0) is 0 Å². The lowest BCUT2D eigenvalue weighted by Crippen LogP contribution is -2.00. The molecule has 0 unspecified atom stereocenters. The summed E-state index contributed by atoms with van der Waals surface area (Å²) in [6.07, 6.45) is 0. The number of aromatic nitrogens is 3. The Hall–Kier alpha value is -7.23. The molecular formula is C51H33N3. The first-order valence-corrected chi connectivity index (χ1v) is 15.6. The highest BCUT2D eigenvalue weighted by atomic mass is 15.0. The normalized spacial score (nSPS) is 19.9. The van der Waals surface area contributed by atoms with Crippen LogP contribution in [0.15, 0.2) is 199 Å². The highest BCUT2D eigenvalue weighted by molar-refractivity contribution is 6.25. The Kier molecular flexibility index (Phi) is 3.08. The van der Waals surface area contributed by atoms with Gasteiger partial charge in [0.15, 0.2) is 17.5 Å². The van der Waals surface area contributed by atoms with Crippen molar-refractivity contribution in [3.8, 4) is 67.5 Å². The topological polar surface area (TPSA) is 38.7 Å². The van der Waals surface area contributed by atoms with Crippen LogP contribution in [0.1, 0.15) is 45.2 Å². The Labute approximate surface area is 360 Å². The Morgan fingerprint density at radius 2 is 0.537 bits per heavy atom. The van der Waals surface area contributed by atoms with E-state index in [9.17, 15) is 12.3 Å². The van der Waals surface area contributed by atoms with E-state index in [1.54, 1.807) is 0 Å². The fourth-order valence-electron chi connectivity index (χ4n) is 5.45. The zero-order valence-corrected chi connectivity index (χ0v) is 26.8. The molecule has 0 spiro atoms. The summed E-state index contributed by atoms with van der Waals surface area (Å²) in [4.78, 5) is 12.9. The highest BCUT2D eigenvalue weighted by Gasteiger charge is 2.15. The zero-order chi connectivity index (χ0) is 64.6. The van der Waals surface area contributed by atoms with Crippen LogP contribution in [0.4, 0.5) is 0 Å². The Balaban J connectivity index is 1.35. The van der Waals surface area contributed by atoms with Crippen molar-refractivity contribution in [2.45, 2.75) is 0 Å². The summed E-state index contributed by atoms with van der Waals surface area (Å²) in [5.74, 6) is -3.11. The molecule has 0 radical (unpaired) electrons. The van der Waals surface area contributed by atoms with E-state index in [0.29, 0.717) is 0 Å². The first-order valence-electron chi connectivity index (χ1n) is 32.1. The van der Waals surface area contributed by atoms with E-state index in [1.165, 1.54) is 0 Å². The van der Waals surface area contributed by atoms with Crippen molar-refractivity contribution in [2.75, 3.05) is 0 Å². The van der Waals surface area contributed by atoms with Crippen molar-refractivity contribution >= 4 is 32.3 Å². The molecule has 3 heteroatoms. The van der Waals surface area contributed by atoms with Gasteiger partial charge in [0.25, 0.3) is 0 Å². The summed E-state index contributed by atoms with van der Waals surface area (Å²) in [6, 6.07) is -32.5. The van der Waals surface area contributed by atoms with Gasteiger partial charge >= 0.3 is 0 Å². The van der Waals surface area contributed by atoms with Crippen LogP contribution in [0.3, 0.4) is 0 Å². The van der Waals surface area contributed by atoms with Crippen LogP contribution in [0.5, 0.6) is 0 Å². The van der Waals surface area contributed by atoms with E-state index >= 15 is 0 Å². The molecule has 0 atom stereocenters. The van der Waals surface area contributed by atoms with Crippen LogP contribution in [0, 0.1) is 0 Å². The third kappa shape index (κ3) is 5.78. The van der Waals surface area contributed by atoms with Gasteiger partial charge in [-0.05, 0) is 83.8 Å². The summed E-state index contributed by atoms with van der Waals surface area (Å²) >= 11 is 0. The Morgan fingerprint density at radius 1 is 0.222 bits per heavy atom. The van der Waals surface area contributed by atoms with Crippen molar-refractivity contribution in [1.82, 2.24) is 15.0 Å². The second-order valence-electron chi connectivity index (χ2n) is 11.1. The molecule has 0 amide bonds. The SMILES string of the molecule is [2H]c1c([2H])c([2H])c(-c2c([2H])c([2H])c([2H])c(-c3nc(-c4c([2H])c([2H])c(-c5c([2H])c([2H])c6c7c([2H])c([2H])c([2H])c([2H])c7c7c([2H])c([2H])c([2H])c([2H])c7c6c5[2H])c([2H])c4[2H])nc(-c4c([2H])c([2H])c([2H])c(-c5c([2H])c([2H])c([2H])c([2H])c5[2H])c4[2H])n3)c2[2H])c([2H])c1[2H]. The predicted molar refractivity (Wildman–Crippen MR) is 225 cm³/mol. The third-order valence-corrected chi connectivity index (χ3v) is 7.87. The second-order valence-corrected chi connectivity index (χ2v) is 11.1. The second kappa shape index (κ2) is 13.4. The third-order valence-electron chi connectivity index (χ3n) is 7.87. The predicted octanol–water partition coefficient (Wildman–Crippen LogP) is 13.3. The minimum absolute atomic E-state index is 0.495. The van der Waals surface area contributed by atoms with Crippen molar-refractivity contribution in [3.05, 3.63) is 199 Å². The summed E-state index contributed by atoms with van der Waals surface area (Å²) in [5.41, 5.74) is -8.04. The molecule has 10 aromatic rings. The fraction of sp³-hybridized carbons (Fsp3) is 0. The molecule has 0 N–H and O–H groups in total. The largest absolute Gasteiger partial charge is 0.208 e. The molecule has 9 aromatic carbocycles. The summed E-state index contributed by atoms with van der Waals surface area (Å²) in [6.45, 7) is 0. The van der Waals surface area contributed by atoms with Gasteiger partial charge in [-0.3, -0.25) is 0 Å². The number of fused-ring (bicyclic) bond motifs is 6. The fourth-order valence-corrected chi connectivity index (χ4v) is 5.45. The average Bonchev–Trinajstić information content (AvgIpc) is 0.704. The van der Waals surface area contributed by atoms with Gasteiger partial charge in [-0.15, -0.1) is 0 Å². The van der Waals surface area contributed by atoms with Gasteiger partial charge in [-0.1, -0.05) is 181 Å². The van der Waals surface area contributed by atoms with Crippen LogP contribution in [-0.4, -0.2) is 15.0 Å². The maximum absolute atomic E-state index is 9.70. The molecule has 1 heterocycles. The molecule has 0 bridgehead atoms. The minimum atomic E-state index is -1.18. The van der Waals surface area contributed by atoms with E-state index in [-0.39, 0.29) is 0 Å². The minimum Gasteiger partial charge on any atom is -0.208 e. The lowest BCUT2D eigenvalue weighted by atomic mass is 9.92. The highest BCUT2D eigenvalue weighted by Crippen LogP contribution is 2.38. The molecule has 0 fully saturated rings. The van der Waals surface area contributed by atoms with Crippen molar-refractivity contribution in [1.29, 1.82) is 0 Å². The molecule has 0 aliphatic carbocycles. The van der Waals surface area contributed by atoms with Gasteiger partial charge in [0.05, 0.1) is 45.2 Å². The average molecular weight is 721 g/mol. The molecule has 0 aliphatic heterocycles. The van der Waals surface area contributed by atoms with Gasteiger partial charge < -0.3 is 0 Å². The number of hydrogen-bond donors (Lipinski definition) is 0. The quantitative estimate of drug-likeness (QED) is 0.161. The maximum Gasteiger partial charge on any atom is 0.164 e.